The summed E-state index contributed by atoms with van der Waals surface area (Å²) in [5.74, 6) is 1.24. The van der Waals surface area contributed by atoms with E-state index in [-0.39, 0.29) is 0 Å². The zero-order valence-corrected chi connectivity index (χ0v) is 12.2. The van der Waals surface area contributed by atoms with Gasteiger partial charge in [-0.25, -0.2) is 9.50 Å². The third-order valence-electron chi connectivity index (χ3n) is 3.44. The van der Waals surface area contributed by atoms with Crippen molar-refractivity contribution < 1.29 is 0 Å². The first kappa shape index (κ1) is 13.4. The Hall–Kier alpha value is -2.56. The first-order valence-electron chi connectivity index (χ1n) is 7.06. The van der Waals surface area contributed by atoms with Crippen LogP contribution in [0.3, 0.4) is 0 Å². The van der Waals surface area contributed by atoms with E-state index >= 15 is 0 Å². The van der Waals surface area contributed by atoms with Crippen LogP contribution in [0, 0.1) is 0 Å². The van der Waals surface area contributed by atoms with E-state index in [1.807, 2.05) is 35.0 Å². The lowest BCUT2D eigenvalue weighted by Gasteiger charge is -2.07. The molecule has 108 valence electrons. The van der Waals surface area contributed by atoms with Crippen molar-refractivity contribution in [3.63, 3.8) is 0 Å². The molecule has 1 aromatic carbocycles. The minimum Gasteiger partial charge on any atom is -0.399 e. The summed E-state index contributed by atoms with van der Waals surface area (Å²) in [7, 11) is 0. The summed E-state index contributed by atoms with van der Waals surface area (Å²) in [4.78, 5) is 4.42. The molecule has 3 aromatic rings. The van der Waals surface area contributed by atoms with Crippen LogP contribution in [-0.4, -0.2) is 14.6 Å². The number of nitrogen functional groups attached to an aromatic ring is 1. The maximum absolute atomic E-state index is 5.70. The Balaban J connectivity index is 1.84. The maximum atomic E-state index is 5.70. The second-order valence-corrected chi connectivity index (χ2v) is 5.42. The van der Waals surface area contributed by atoms with Crippen molar-refractivity contribution in [2.45, 2.75) is 26.3 Å². The summed E-state index contributed by atoms with van der Waals surface area (Å²) >= 11 is 0. The van der Waals surface area contributed by atoms with Gasteiger partial charge in [-0.1, -0.05) is 26.0 Å². The normalized spacial score (nSPS) is 11.2. The van der Waals surface area contributed by atoms with Crippen LogP contribution in [-0.2, 0) is 6.54 Å². The van der Waals surface area contributed by atoms with E-state index < -0.39 is 0 Å². The lowest BCUT2D eigenvalue weighted by molar-refractivity contribution is 0.787. The SMILES string of the molecule is CC(C)c1cc2c(NCc3ccc(N)cc3)nccn2n1. The Morgan fingerprint density at radius 1 is 1.24 bits per heavy atom. The van der Waals surface area contributed by atoms with Gasteiger partial charge in [-0.15, -0.1) is 0 Å². The number of hydrogen-bond acceptors (Lipinski definition) is 4. The van der Waals surface area contributed by atoms with Gasteiger partial charge in [0.05, 0.1) is 5.69 Å². The Morgan fingerprint density at radius 2 is 2.00 bits per heavy atom. The van der Waals surface area contributed by atoms with Gasteiger partial charge >= 0.3 is 0 Å². The van der Waals surface area contributed by atoms with Crippen LogP contribution < -0.4 is 11.1 Å². The fourth-order valence-corrected chi connectivity index (χ4v) is 2.18. The molecule has 0 atom stereocenters. The molecule has 3 rings (SSSR count). The van der Waals surface area contributed by atoms with E-state index in [4.69, 9.17) is 5.73 Å². The van der Waals surface area contributed by atoms with Crippen molar-refractivity contribution in [2.75, 3.05) is 11.1 Å². The van der Waals surface area contributed by atoms with Crippen LogP contribution >= 0.6 is 0 Å². The number of rotatable bonds is 4. The van der Waals surface area contributed by atoms with Gasteiger partial charge < -0.3 is 11.1 Å². The molecule has 0 aliphatic heterocycles. The van der Waals surface area contributed by atoms with Gasteiger partial charge in [0.25, 0.3) is 0 Å². The topological polar surface area (TPSA) is 68.2 Å². The molecule has 21 heavy (non-hydrogen) atoms. The number of nitrogens with one attached hydrogen (secondary N) is 1. The molecule has 3 N–H and O–H groups in total. The van der Waals surface area contributed by atoms with Gasteiger partial charge in [-0.3, -0.25) is 0 Å². The Morgan fingerprint density at radius 3 is 2.71 bits per heavy atom. The van der Waals surface area contributed by atoms with Gasteiger partial charge in [0.2, 0.25) is 0 Å². The van der Waals surface area contributed by atoms with Crippen molar-refractivity contribution in [1.29, 1.82) is 0 Å². The highest BCUT2D eigenvalue weighted by Crippen LogP contribution is 2.20. The van der Waals surface area contributed by atoms with Crippen molar-refractivity contribution >= 4 is 17.0 Å². The van der Waals surface area contributed by atoms with E-state index in [0.29, 0.717) is 12.5 Å². The van der Waals surface area contributed by atoms with Crippen molar-refractivity contribution in [2.24, 2.45) is 0 Å². The molecule has 0 bridgehead atoms. The number of nitrogens with two attached hydrogens (primary N) is 1. The number of benzene rings is 1. The summed E-state index contributed by atoms with van der Waals surface area (Å²) in [5.41, 5.74) is 9.70. The molecule has 2 aromatic heterocycles. The van der Waals surface area contributed by atoms with E-state index in [9.17, 15) is 0 Å². The Labute approximate surface area is 123 Å². The van der Waals surface area contributed by atoms with Gasteiger partial charge in [-0.05, 0) is 29.7 Å². The molecule has 0 aliphatic carbocycles. The second kappa shape index (κ2) is 5.44. The lowest BCUT2D eigenvalue weighted by atomic mass is 10.1. The molecule has 0 amide bonds. The molecule has 5 nitrogen and oxygen atoms in total. The largest absolute Gasteiger partial charge is 0.399 e. The Bertz CT molecular complexity index is 743. The monoisotopic (exact) mass is 281 g/mol. The lowest BCUT2D eigenvalue weighted by Crippen LogP contribution is -2.03. The van der Waals surface area contributed by atoms with Crippen LogP contribution in [0.5, 0.6) is 0 Å². The first-order chi connectivity index (χ1) is 10.1. The molecule has 2 heterocycles. The van der Waals surface area contributed by atoms with Crippen molar-refractivity contribution in [1.82, 2.24) is 14.6 Å². The quantitative estimate of drug-likeness (QED) is 0.721. The number of anilines is 2. The fraction of sp³-hybridized carbons (Fsp3) is 0.250. The molecule has 0 radical (unpaired) electrons. The summed E-state index contributed by atoms with van der Waals surface area (Å²) in [5, 5.41) is 7.92. The minimum absolute atomic E-state index is 0.398. The fourth-order valence-electron chi connectivity index (χ4n) is 2.18. The van der Waals surface area contributed by atoms with Gasteiger partial charge in [-0.2, -0.15) is 5.10 Å². The van der Waals surface area contributed by atoms with Crippen LogP contribution in [0.4, 0.5) is 11.5 Å². The summed E-state index contributed by atoms with van der Waals surface area (Å²) in [6.45, 7) is 4.97. The number of fused-ring (bicyclic) bond motifs is 1. The van der Waals surface area contributed by atoms with E-state index in [1.54, 1.807) is 6.20 Å². The molecule has 0 saturated heterocycles. The highest BCUT2D eigenvalue weighted by atomic mass is 15.2. The molecule has 5 heteroatoms. The van der Waals surface area contributed by atoms with Crippen molar-refractivity contribution in [3.8, 4) is 0 Å². The molecule has 0 aliphatic rings. The minimum atomic E-state index is 0.398. The van der Waals surface area contributed by atoms with Crippen molar-refractivity contribution in [3.05, 3.63) is 54.0 Å². The third-order valence-corrected chi connectivity index (χ3v) is 3.44. The summed E-state index contributed by atoms with van der Waals surface area (Å²) in [6.07, 6.45) is 3.63. The molecule has 0 fully saturated rings. The third kappa shape index (κ3) is 2.81. The molecular weight excluding hydrogens is 262 g/mol. The second-order valence-electron chi connectivity index (χ2n) is 5.42. The van der Waals surface area contributed by atoms with Crippen LogP contribution in [0.2, 0.25) is 0 Å². The molecule has 0 unspecified atom stereocenters. The highest BCUT2D eigenvalue weighted by Gasteiger charge is 2.09. The zero-order valence-electron chi connectivity index (χ0n) is 12.2. The van der Waals surface area contributed by atoms with E-state index in [0.717, 1.165) is 28.3 Å². The van der Waals surface area contributed by atoms with Gasteiger partial charge in [0.15, 0.2) is 5.82 Å². The van der Waals surface area contributed by atoms with Gasteiger partial charge in [0, 0.05) is 24.6 Å². The average Bonchev–Trinajstić information content (AvgIpc) is 2.91. The average molecular weight is 281 g/mol. The molecule has 0 saturated carbocycles. The number of hydrogen-bond donors (Lipinski definition) is 2. The molecule has 0 spiro atoms. The zero-order chi connectivity index (χ0) is 14.8. The smallest absolute Gasteiger partial charge is 0.152 e. The predicted octanol–water partition coefficient (Wildman–Crippen LogP) is 3.05. The highest BCUT2D eigenvalue weighted by molar-refractivity contribution is 5.68. The number of aromatic nitrogens is 3. The first-order valence-corrected chi connectivity index (χ1v) is 7.06. The standard InChI is InChI=1S/C16H19N5/c1-11(2)14-9-15-16(18-7-8-21(15)20-14)19-10-12-3-5-13(17)6-4-12/h3-9,11H,10,17H2,1-2H3,(H,18,19). The van der Waals surface area contributed by atoms with Crippen LogP contribution in [0.25, 0.3) is 5.52 Å². The van der Waals surface area contributed by atoms with Crippen LogP contribution in [0.1, 0.15) is 31.0 Å². The van der Waals surface area contributed by atoms with Crippen LogP contribution in [0.15, 0.2) is 42.7 Å². The number of nitrogens with zero attached hydrogens (tertiary/aromatic N) is 3. The van der Waals surface area contributed by atoms with E-state index in [1.165, 1.54) is 0 Å². The maximum Gasteiger partial charge on any atom is 0.152 e. The summed E-state index contributed by atoms with van der Waals surface area (Å²) in [6, 6.07) is 9.92. The predicted molar refractivity (Wildman–Crippen MR) is 85.3 cm³/mol. The Kier molecular flexibility index (Phi) is 3.48. The molecular formula is C16H19N5. The van der Waals surface area contributed by atoms with Gasteiger partial charge in [0.1, 0.15) is 5.52 Å². The summed E-state index contributed by atoms with van der Waals surface area (Å²) < 4.78 is 1.87. The van der Waals surface area contributed by atoms with E-state index in [2.05, 4.69) is 35.3 Å².